The molecular weight excluding hydrogens is 206 g/mol. The highest BCUT2D eigenvalue weighted by Gasteiger charge is 2.26. The molecule has 0 spiro atoms. The number of hydrogen-bond donors (Lipinski definition) is 1. The monoisotopic (exact) mass is 239 g/mol. The second-order valence-electron chi connectivity index (χ2n) is 7.38. The fourth-order valence-corrected chi connectivity index (χ4v) is 2.60. The Kier molecular flexibility index (Phi) is 5.50. The molecular formula is C16H33N. The van der Waals surface area contributed by atoms with Crippen LogP contribution in [-0.2, 0) is 0 Å². The third-order valence-electron chi connectivity index (χ3n) is 5.12. The summed E-state index contributed by atoms with van der Waals surface area (Å²) in [6.45, 7) is 15.3. The van der Waals surface area contributed by atoms with Gasteiger partial charge in [0, 0.05) is 12.6 Å². The molecule has 0 aliphatic heterocycles. The molecule has 0 atom stereocenters. The van der Waals surface area contributed by atoms with Crippen LogP contribution in [-0.4, -0.2) is 12.6 Å². The Balaban J connectivity index is 2.27. The molecule has 0 aromatic rings. The van der Waals surface area contributed by atoms with Crippen LogP contribution >= 0.6 is 0 Å². The smallest absolute Gasteiger partial charge is 0.00675 e. The molecule has 1 saturated carbocycles. The minimum atomic E-state index is 0.425. The zero-order valence-electron chi connectivity index (χ0n) is 12.8. The van der Waals surface area contributed by atoms with Crippen molar-refractivity contribution in [1.82, 2.24) is 5.32 Å². The first-order valence-electron chi connectivity index (χ1n) is 7.56. The molecule has 1 aliphatic rings. The van der Waals surface area contributed by atoms with E-state index >= 15 is 0 Å². The van der Waals surface area contributed by atoms with Crippen LogP contribution in [0.15, 0.2) is 0 Å². The van der Waals surface area contributed by atoms with E-state index in [0.29, 0.717) is 5.41 Å². The van der Waals surface area contributed by atoms with Gasteiger partial charge in [-0.3, -0.25) is 0 Å². The van der Waals surface area contributed by atoms with E-state index in [0.717, 1.165) is 23.8 Å². The van der Waals surface area contributed by atoms with Gasteiger partial charge in [-0.2, -0.15) is 0 Å². The van der Waals surface area contributed by atoms with Crippen molar-refractivity contribution in [3.63, 3.8) is 0 Å². The first-order chi connectivity index (χ1) is 7.83. The number of hydrogen-bond acceptors (Lipinski definition) is 1. The average Bonchev–Trinajstić information content (AvgIpc) is 2.27. The Labute approximate surface area is 109 Å². The van der Waals surface area contributed by atoms with Gasteiger partial charge in [0.25, 0.3) is 0 Å². The summed E-state index contributed by atoms with van der Waals surface area (Å²) in [5.41, 5.74) is 0.425. The van der Waals surface area contributed by atoms with Gasteiger partial charge in [-0.15, -0.1) is 0 Å². The summed E-state index contributed by atoms with van der Waals surface area (Å²) in [6.07, 6.45) is 5.63. The fourth-order valence-electron chi connectivity index (χ4n) is 2.60. The van der Waals surface area contributed by atoms with Gasteiger partial charge in [-0.25, -0.2) is 0 Å². The third-order valence-corrected chi connectivity index (χ3v) is 5.12. The van der Waals surface area contributed by atoms with Crippen LogP contribution < -0.4 is 5.32 Å². The highest BCUT2D eigenvalue weighted by atomic mass is 14.9. The summed E-state index contributed by atoms with van der Waals surface area (Å²) >= 11 is 0. The van der Waals surface area contributed by atoms with Crippen molar-refractivity contribution >= 4 is 0 Å². The molecule has 1 N–H and O–H groups in total. The van der Waals surface area contributed by atoms with Crippen molar-refractivity contribution in [2.24, 2.45) is 23.2 Å². The van der Waals surface area contributed by atoms with Gasteiger partial charge in [0.15, 0.2) is 0 Å². The Hall–Kier alpha value is -0.0400. The second kappa shape index (κ2) is 6.22. The summed E-state index contributed by atoms with van der Waals surface area (Å²) in [5, 5.41) is 3.80. The van der Waals surface area contributed by atoms with E-state index in [1.54, 1.807) is 0 Å². The van der Waals surface area contributed by atoms with Crippen molar-refractivity contribution in [3.8, 4) is 0 Å². The van der Waals surface area contributed by atoms with Crippen LogP contribution in [0.1, 0.15) is 67.2 Å². The zero-order chi connectivity index (χ0) is 13.1. The minimum absolute atomic E-state index is 0.425. The number of rotatable bonds is 5. The summed E-state index contributed by atoms with van der Waals surface area (Å²) in [5.74, 6) is 2.61. The highest BCUT2D eigenvalue weighted by Crippen LogP contribution is 2.31. The largest absolute Gasteiger partial charge is 0.313 e. The van der Waals surface area contributed by atoms with E-state index in [1.807, 2.05) is 0 Å². The highest BCUT2D eigenvalue weighted by molar-refractivity contribution is 4.82. The average molecular weight is 239 g/mol. The van der Waals surface area contributed by atoms with Crippen molar-refractivity contribution in [2.45, 2.75) is 73.3 Å². The fraction of sp³-hybridized carbons (Fsp3) is 1.00. The molecule has 0 radical (unpaired) electrons. The maximum Gasteiger partial charge on any atom is 0.00675 e. The maximum absolute atomic E-state index is 3.80. The van der Waals surface area contributed by atoms with Crippen molar-refractivity contribution in [2.75, 3.05) is 6.54 Å². The van der Waals surface area contributed by atoms with E-state index in [9.17, 15) is 0 Å². The maximum atomic E-state index is 3.80. The lowest BCUT2D eigenvalue weighted by molar-refractivity contribution is 0.193. The Morgan fingerprint density at radius 2 is 1.53 bits per heavy atom. The standard InChI is InChI=1S/C16H33N/c1-12(2)14-7-9-15(10-8-14)17-11-16(5,6)13(3)4/h12-15,17H,7-11H2,1-6H3. The minimum Gasteiger partial charge on any atom is -0.313 e. The van der Waals surface area contributed by atoms with Crippen LogP contribution in [0.25, 0.3) is 0 Å². The summed E-state index contributed by atoms with van der Waals surface area (Å²) in [7, 11) is 0. The molecule has 1 fully saturated rings. The molecule has 1 heteroatoms. The van der Waals surface area contributed by atoms with Crippen LogP contribution in [0.5, 0.6) is 0 Å². The molecule has 0 amide bonds. The Morgan fingerprint density at radius 3 is 1.94 bits per heavy atom. The van der Waals surface area contributed by atoms with Crippen LogP contribution in [0.2, 0.25) is 0 Å². The lowest BCUT2D eigenvalue weighted by atomic mass is 9.78. The van der Waals surface area contributed by atoms with Crippen LogP contribution in [0.3, 0.4) is 0 Å². The normalized spacial score (nSPS) is 26.8. The van der Waals surface area contributed by atoms with Crippen molar-refractivity contribution < 1.29 is 0 Å². The molecule has 1 nitrogen and oxygen atoms in total. The van der Waals surface area contributed by atoms with Crippen LogP contribution in [0.4, 0.5) is 0 Å². The van der Waals surface area contributed by atoms with Gasteiger partial charge in [-0.1, -0.05) is 41.5 Å². The van der Waals surface area contributed by atoms with E-state index in [1.165, 1.54) is 32.2 Å². The molecule has 1 aliphatic carbocycles. The first kappa shape index (κ1) is 15.0. The molecule has 1 rings (SSSR count). The SMILES string of the molecule is CC(C)C1CCC(NCC(C)(C)C(C)C)CC1. The summed E-state index contributed by atoms with van der Waals surface area (Å²) in [4.78, 5) is 0. The molecule has 0 bridgehead atoms. The Morgan fingerprint density at radius 1 is 1.00 bits per heavy atom. The van der Waals surface area contributed by atoms with Crippen molar-refractivity contribution in [3.05, 3.63) is 0 Å². The lowest BCUT2D eigenvalue weighted by Gasteiger charge is -2.35. The van der Waals surface area contributed by atoms with Gasteiger partial charge in [-0.05, 0) is 48.9 Å². The predicted molar refractivity (Wildman–Crippen MR) is 77.2 cm³/mol. The zero-order valence-corrected chi connectivity index (χ0v) is 12.8. The van der Waals surface area contributed by atoms with Crippen molar-refractivity contribution in [1.29, 1.82) is 0 Å². The van der Waals surface area contributed by atoms with Gasteiger partial charge in [0.05, 0.1) is 0 Å². The van der Waals surface area contributed by atoms with Crippen LogP contribution in [0, 0.1) is 23.2 Å². The topological polar surface area (TPSA) is 12.0 Å². The number of nitrogens with one attached hydrogen (secondary N) is 1. The van der Waals surface area contributed by atoms with E-state index in [4.69, 9.17) is 0 Å². The third kappa shape index (κ3) is 4.62. The molecule has 0 saturated heterocycles. The van der Waals surface area contributed by atoms with Gasteiger partial charge in [0.1, 0.15) is 0 Å². The molecule has 17 heavy (non-hydrogen) atoms. The van der Waals surface area contributed by atoms with E-state index in [-0.39, 0.29) is 0 Å². The van der Waals surface area contributed by atoms with Gasteiger partial charge < -0.3 is 5.32 Å². The first-order valence-corrected chi connectivity index (χ1v) is 7.56. The lowest BCUT2D eigenvalue weighted by Crippen LogP contribution is -2.41. The Bertz CT molecular complexity index is 210. The van der Waals surface area contributed by atoms with E-state index < -0.39 is 0 Å². The molecule has 102 valence electrons. The molecule has 0 heterocycles. The van der Waals surface area contributed by atoms with E-state index in [2.05, 4.69) is 46.9 Å². The predicted octanol–water partition coefficient (Wildman–Crippen LogP) is 4.47. The molecule has 0 aromatic heterocycles. The summed E-state index contributed by atoms with van der Waals surface area (Å²) < 4.78 is 0. The molecule has 0 aromatic carbocycles. The quantitative estimate of drug-likeness (QED) is 0.746. The van der Waals surface area contributed by atoms with Gasteiger partial charge in [0.2, 0.25) is 0 Å². The molecule has 0 unspecified atom stereocenters. The summed E-state index contributed by atoms with van der Waals surface area (Å²) in [6, 6.07) is 0.781. The van der Waals surface area contributed by atoms with Gasteiger partial charge >= 0.3 is 0 Å². The second-order valence-corrected chi connectivity index (χ2v) is 7.38.